The number of hydrogen-bond acceptors (Lipinski definition) is 1. The van der Waals surface area contributed by atoms with E-state index in [1.165, 1.54) is 5.56 Å². The third-order valence-electron chi connectivity index (χ3n) is 1.60. The van der Waals surface area contributed by atoms with Gasteiger partial charge in [-0.25, -0.2) is 6.92 Å². The molecule has 0 N–H and O–H groups in total. The molecule has 0 saturated carbocycles. The Morgan fingerprint density at radius 1 is 1.33 bits per heavy atom. The summed E-state index contributed by atoms with van der Waals surface area (Å²) in [6.07, 6.45) is 1.71. The van der Waals surface area contributed by atoms with Gasteiger partial charge < -0.3 is 27.3 Å². The van der Waals surface area contributed by atoms with Gasteiger partial charge >= 0.3 is 19.5 Å². The van der Waals surface area contributed by atoms with E-state index in [1.807, 2.05) is 59.8 Å². The van der Waals surface area contributed by atoms with Crippen LogP contribution in [-0.2, 0) is 30.8 Å². The molecule has 1 nitrogen and oxygen atoms in total. The van der Waals surface area contributed by atoms with Gasteiger partial charge in [0.05, 0.1) is 6.61 Å². The Hall–Kier alpha value is -0.0166. The number of halogens is 1. The Kier molecular flexibility index (Phi) is 14.0. The fourth-order valence-electron chi connectivity index (χ4n) is 0.830. The quantitative estimate of drug-likeness (QED) is 0.337. The van der Waals surface area contributed by atoms with Crippen molar-refractivity contribution in [2.45, 2.75) is 13.5 Å². The van der Waals surface area contributed by atoms with Gasteiger partial charge in [-0.1, -0.05) is 43.0 Å². The molecule has 1 aromatic carbocycles. The van der Waals surface area contributed by atoms with Gasteiger partial charge in [-0.3, -0.25) is 4.93 Å². The van der Waals surface area contributed by atoms with Crippen LogP contribution in [0.25, 0.3) is 0 Å². The molecule has 0 amide bonds. The molecular weight excluding hydrogens is 352 g/mol. The van der Waals surface area contributed by atoms with E-state index in [0.29, 0.717) is 6.61 Å². The zero-order chi connectivity index (χ0) is 10.8. The molecule has 15 heavy (non-hydrogen) atoms. The van der Waals surface area contributed by atoms with Crippen molar-refractivity contribution in [3.8, 4) is 0 Å². The molecule has 0 atom stereocenters. The molecule has 1 aromatic rings. The molecule has 78 valence electrons. The molecule has 0 aliphatic heterocycles. The van der Waals surface area contributed by atoms with E-state index in [4.69, 9.17) is 4.74 Å². The molecule has 0 heterocycles. The summed E-state index contributed by atoms with van der Waals surface area (Å²) in [6.45, 7) is 6.13. The molecule has 1 rings (SSSR count). The van der Waals surface area contributed by atoms with E-state index < -0.39 is 0 Å². The number of hydrogen-bond donors (Lipinski definition) is 0. The second-order valence-corrected chi connectivity index (χ2v) is 2.59. The van der Waals surface area contributed by atoms with Gasteiger partial charge in [0, 0.05) is 0 Å². The molecule has 0 aliphatic rings. The summed E-state index contributed by atoms with van der Waals surface area (Å²) in [5.41, 5.74) is 1.18. The van der Waals surface area contributed by atoms with Crippen LogP contribution in [0.1, 0.15) is 12.5 Å². The van der Waals surface area contributed by atoms with Crippen molar-refractivity contribution in [3.05, 3.63) is 59.6 Å². The normalized spacial score (nSPS) is 9.40. The summed E-state index contributed by atoms with van der Waals surface area (Å²) in [5, 5.41) is 0. The van der Waals surface area contributed by atoms with Gasteiger partial charge in [0.1, 0.15) is 0 Å². The summed E-state index contributed by atoms with van der Waals surface area (Å²) in [4.78, 5) is 3.22. The topological polar surface area (TPSA) is 9.23 Å². The summed E-state index contributed by atoms with van der Waals surface area (Å²) >= 11 is 1.90. The van der Waals surface area contributed by atoms with Crippen LogP contribution in [0.15, 0.2) is 42.2 Å². The maximum Gasteiger partial charge on any atom is 2.00 e. The van der Waals surface area contributed by atoms with Crippen molar-refractivity contribution in [3.63, 3.8) is 0 Å². The average Bonchev–Trinajstić information content (AvgIpc) is 2.30. The summed E-state index contributed by atoms with van der Waals surface area (Å²) in [6, 6.07) is 10.1. The smallest absolute Gasteiger partial charge is 0.579 e. The molecule has 0 radical (unpaired) electrons. The van der Waals surface area contributed by atoms with E-state index in [1.54, 1.807) is 6.08 Å². The second kappa shape index (κ2) is 12.1. The first kappa shape index (κ1) is 17.4. The van der Waals surface area contributed by atoms with Gasteiger partial charge in [0.15, 0.2) is 0 Å². The van der Waals surface area contributed by atoms with E-state index in [0.717, 1.165) is 5.76 Å². The van der Waals surface area contributed by atoms with Crippen molar-refractivity contribution in [2.75, 3.05) is 0 Å². The average molecular weight is 368 g/mol. The summed E-state index contributed by atoms with van der Waals surface area (Å²) in [7, 11) is 0. The molecule has 3 heteroatoms. The van der Waals surface area contributed by atoms with Crippen molar-refractivity contribution in [1.82, 2.24) is 0 Å². The molecule has 0 fully saturated rings. The minimum absolute atomic E-state index is 0. The monoisotopic (exact) mass is 366 g/mol. The molecular formula is C12H15IOZn. The van der Waals surface area contributed by atoms with Crippen LogP contribution in [0.5, 0.6) is 0 Å². The molecule has 0 aliphatic carbocycles. The fourth-order valence-corrected chi connectivity index (χ4v) is 0.830. The van der Waals surface area contributed by atoms with Crippen LogP contribution in [0.2, 0.25) is 0 Å². The zero-order valence-electron chi connectivity index (χ0n) is 9.08. The van der Waals surface area contributed by atoms with Gasteiger partial charge in [0.2, 0.25) is 0 Å². The summed E-state index contributed by atoms with van der Waals surface area (Å²) < 4.78 is 5.38. The third kappa shape index (κ3) is 8.94. The van der Waals surface area contributed by atoms with Crippen LogP contribution in [0.3, 0.4) is 0 Å². The van der Waals surface area contributed by atoms with Crippen LogP contribution >= 0.6 is 22.6 Å². The number of benzene rings is 1. The van der Waals surface area contributed by atoms with Crippen LogP contribution in [0.4, 0.5) is 0 Å². The SMILES string of the molecule is [CH2-]/C=C(\C)OCc1ccccc1.[CH2-]I.[Zn+2]. The van der Waals surface area contributed by atoms with E-state index in [2.05, 4.69) is 11.9 Å². The van der Waals surface area contributed by atoms with Crippen LogP contribution in [-0.4, -0.2) is 0 Å². The first-order chi connectivity index (χ1) is 6.83. The van der Waals surface area contributed by atoms with Gasteiger partial charge in [-0.05, 0) is 5.56 Å². The predicted molar refractivity (Wildman–Crippen MR) is 69.7 cm³/mol. The predicted octanol–water partition coefficient (Wildman–Crippen LogP) is 4.15. The van der Waals surface area contributed by atoms with Crippen LogP contribution < -0.4 is 0 Å². The van der Waals surface area contributed by atoms with Crippen molar-refractivity contribution in [2.24, 2.45) is 0 Å². The molecule has 0 spiro atoms. The number of allylic oxidation sites excluding steroid dienone is 2. The van der Waals surface area contributed by atoms with Crippen molar-refractivity contribution in [1.29, 1.82) is 0 Å². The van der Waals surface area contributed by atoms with Crippen molar-refractivity contribution < 1.29 is 24.2 Å². The van der Waals surface area contributed by atoms with Gasteiger partial charge in [-0.15, -0.1) is 0 Å². The molecule has 0 unspecified atom stereocenters. The zero-order valence-corrected chi connectivity index (χ0v) is 14.2. The van der Waals surface area contributed by atoms with E-state index in [9.17, 15) is 0 Å². The largest absolute Gasteiger partial charge is 2.00 e. The van der Waals surface area contributed by atoms with Gasteiger partial charge in [-0.2, -0.15) is 6.08 Å². The Balaban J connectivity index is 0. The minimum Gasteiger partial charge on any atom is -0.579 e. The summed E-state index contributed by atoms with van der Waals surface area (Å²) in [5.74, 6) is 0.860. The van der Waals surface area contributed by atoms with Crippen molar-refractivity contribution >= 4 is 22.6 Å². The Bertz CT molecular complexity index is 260. The third-order valence-corrected chi connectivity index (χ3v) is 1.60. The fraction of sp³-hybridized carbons (Fsp3) is 0.167. The minimum atomic E-state index is 0. The van der Waals surface area contributed by atoms with Crippen LogP contribution in [0, 0.1) is 11.9 Å². The Labute approximate surface area is 119 Å². The number of rotatable bonds is 3. The Morgan fingerprint density at radius 2 is 1.87 bits per heavy atom. The van der Waals surface area contributed by atoms with Gasteiger partial charge in [0.25, 0.3) is 0 Å². The first-order valence-corrected chi connectivity index (χ1v) is 5.75. The van der Waals surface area contributed by atoms with E-state index in [-0.39, 0.29) is 19.5 Å². The standard InChI is InChI=1S/C11H13O.CH2I.Zn/c1-3-10(2)12-9-11-7-5-4-6-8-11;1-2;/h3-8H,1,9H2,2H3;1H2;/q2*-1;+2/b10-3+;;. The number of ether oxygens (including phenoxy) is 1. The molecule has 0 bridgehead atoms. The molecule has 0 saturated heterocycles. The Morgan fingerprint density at radius 3 is 2.33 bits per heavy atom. The maximum absolute atomic E-state index is 5.38. The van der Waals surface area contributed by atoms with E-state index >= 15 is 0 Å². The maximum atomic E-state index is 5.38. The second-order valence-electron chi connectivity index (χ2n) is 2.59. The molecule has 0 aromatic heterocycles. The first-order valence-electron chi connectivity index (χ1n) is 4.22.